The Balaban J connectivity index is 2.20. The summed E-state index contributed by atoms with van der Waals surface area (Å²) in [6.45, 7) is 0. The number of β-lactam (4-membered cyclic amide) rings is 1. The molecule has 11 heavy (non-hydrogen) atoms. The maximum atomic E-state index is 11.0. The maximum Gasteiger partial charge on any atom is 0.246 e. The van der Waals surface area contributed by atoms with E-state index < -0.39 is 0 Å². The summed E-state index contributed by atoms with van der Waals surface area (Å²) in [5.41, 5.74) is 5.52. The molecule has 4 heteroatoms. The zero-order chi connectivity index (χ0) is 8.01. The molecule has 2 heterocycles. The second-order valence-electron chi connectivity index (χ2n) is 3.00. The van der Waals surface area contributed by atoms with Crippen LogP contribution in [-0.2, 0) is 4.79 Å². The van der Waals surface area contributed by atoms with Crippen LogP contribution in [0.25, 0.3) is 0 Å². The number of hydrogen-bond donors (Lipinski definition) is 2. The number of carbonyl (C=O) groups is 1. The van der Waals surface area contributed by atoms with Crippen LogP contribution in [0.2, 0.25) is 0 Å². The Morgan fingerprint density at radius 3 is 3.18 bits per heavy atom. The minimum absolute atomic E-state index is 0.0822. The van der Waals surface area contributed by atoms with E-state index >= 15 is 0 Å². The maximum absolute atomic E-state index is 11.0. The van der Waals surface area contributed by atoms with Gasteiger partial charge in [0.2, 0.25) is 5.91 Å². The average molecular weight is 154 g/mol. The quantitative estimate of drug-likeness (QED) is 0.471. The smallest absolute Gasteiger partial charge is 0.246 e. The van der Waals surface area contributed by atoms with E-state index in [1.54, 1.807) is 0 Å². The summed E-state index contributed by atoms with van der Waals surface area (Å²) in [4.78, 5) is 12.5. The van der Waals surface area contributed by atoms with Crippen LogP contribution in [0, 0.1) is 0 Å². The zero-order valence-electron chi connectivity index (χ0n) is 6.03. The highest BCUT2D eigenvalue weighted by atomic mass is 16.3. The fraction of sp³-hybridized carbons (Fsp3) is 0.571. The molecule has 4 nitrogen and oxygen atoms in total. The second kappa shape index (κ2) is 1.98. The van der Waals surface area contributed by atoms with Gasteiger partial charge in [0.25, 0.3) is 0 Å². The summed E-state index contributed by atoms with van der Waals surface area (Å²) in [6.07, 6.45) is 2.91. The number of nitrogens with two attached hydrogens (primary N) is 1. The van der Waals surface area contributed by atoms with Crippen molar-refractivity contribution in [2.75, 3.05) is 0 Å². The van der Waals surface area contributed by atoms with Crippen LogP contribution < -0.4 is 5.73 Å². The lowest BCUT2D eigenvalue weighted by Crippen LogP contribution is -2.67. The number of hydrogen-bond acceptors (Lipinski definition) is 3. The molecule has 1 amide bonds. The summed E-state index contributed by atoms with van der Waals surface area (Å²) < 4.78 is 0. The zero-order valence-corrected chi connectivity index (χ0v) is 6.03. The van der Waals surface area contributed by atoms with Gasteiger partial charge >= 0.3 is 0 Å². The SMILES string of the molecule is NC1C(=O)N2C=C(O)CC[C@H]12. The molecule has 0 aliphatic carbocycles. The van der Waals surface area contributed by atoms with E-state index in [9.17, 15) is 4.79 Å². The first-order valence-corrected chi connectivity index (χ1v) is 3.67. The van der Waals surface area contributed by atoms with E-state index in [2.05, 4.69) is 0 Å². The van der Waals surface area contributed by atoms with Gasteiger partial charge in [0, 0.05) is 12.6 Å². The number of nitrogens with zero attached hydrogens (tertiary/aromatic N) is 1. The van der Waals surface area contributed by atoms with Gasteiger partial charge in [-0.3, -0.25) is 4.79 Å². The van der Waals surface area contributed by atoms with Gasteiger partial charge in [0.15, 0.2) is 0 Å². The molecule has 0 aromatic rings. The molecule has 0 bridgehead atoms. The van der Waals surface area contributed by atoms with Crippen LogP contribution in [0.5, 0.6) is 0 Å². The predicted molar refractivity (Wildman–Crippen MR) is 38.6 cm³/mol. The molecule has 0 aromatic heterocycles. The van der Waals surface area contributed by atoms with Crippen molar-refractivity contribution in [3.63, 3.8) is 0 Å². The van der Waals surface area contributed by atoms with Crippen molar-refractivity contribution in [1.29, 1.82) is 0 Å². The predicted octanol–water partition coefficient (Wildman–Crippen LogP) is -0.282. The van der Waals surface area contributed by atoms with Crippen LogP contribution >= 0.6 is 0 Å². The lowest BCUT2D eigenvalue weighted by molar-refractivity contribution is -0.145. The summed E-state index contributed by atoms with van der Waals surface area (Å²) in [5, 5.41) is 9.06. The van der Waals surface area contributed by atoms with Gasteiger partial charge in [-0.05, 0) is 6.42 Å². The summed E-state index contributed by atoms with van der Waals surface area (Å²) in [6, 6.07) is -0.197. The Labute approximate surface area is 64.3 Å². The van der Waals surface area contributed by atoms with Gasteiger partial charge in [-0.25, -0.2) is 0 Å². The van der Waals surface area contributed by atoms with Crippen molar-refractivity contribution >= 4 is 5.91 Å². The lowest BCUT2D eigenvalue weighted by atomic mass is 9.89. The number of fused-ring (bicyclic) bond motifs is 1. The van der Waals surface area contributed by atoms with Crippen molar-refractivity contribution in [1.82, 2.24) is 4.90 Å². The van der Waals surface area contributed by atoms with Crippen molar-refractivity contribution in [3.8, 4) is 0 Å². The molecule has 2 aliphatic rings. The number of amides is 1. The largest absolute Gasteiger partial charge is 0.511 e. The van der Waals surface area contributed by atoms with Crippen LogP contribution in [0.3, 0.4) is 0 Å². The normalized spacial score (nSPS) is 35.9. The van der Waals surface area contributed by atoms with Gasteiger partial charge in [-0.2, -0.15) is 0 Å². The molecule has 0 spiro atoms. The molecular formula is C7H10N2O2. The van der Waals surface area contributed by atoms with Crippen LogP contribution in [0.1, 0.15) is 12.8 Å². The highest BCUT2D eigenvalue weighted by Gasteiger charge is 2.45. The minimum Gasteiger partial charge on any atom is -0.511 e. The molecule has 2 atom stereocenters. The van der Waals surface area contributed by atoms with Gasteiger partial charge < -0.3 is 15.7 Å². The lowest BCUT2D eigenvalue weighted by Gasteiger charge is -2.45. The Kier molecular flexibility index (Phi) is 1.20. The Bertz CT molecular complexity index is 237. The van der Waals surface area contributed by atoms with Gasteiger partial charge in [-0.15, -0.1) is 0 Å². The molecule has 1 unspecified atom stereocenters. The van der Waals surface area contributed by atoms with Gasteiger partial charge in [-0.1, -0.05) is 0 Å². The minimum atomic E-state index is -0.334. The van der Waals surface area contributed by atoms with Gasteiger partial charge in [0.05, 0.1) is 6.04 Å². The third-order valence-electron chi connectivity index (χ3n) is 2.30. The standard InChI is InChI=1S/C7H10N2O2/c8-6-5-2-1-4(10)3-9(5)7(6)11/h3,5-6,10H,1-2,8H2/t5-,6?/m1/s1. The Morgan fingerprint density at radius 2 is 2.45 bits per heavy atom. The van der Waals surface area contributed by atoms with E-state index in [1.807, 2.05) is 0 Å². The fourth-order valence-electron chi connectivity index (χ4n) is 1.59. The highest BCUT2D eigenvalue weighted by Crippen LogP contribution is 2.29. The first kappa shape index (κ1) is 6.67. The molecule has 2 aliphatic heterocycles. The topological polar surface area (TPSA) is 66.6 Å². The first-order chi connectivity index (χ1) is 5.20. The molecular weight excluding hydrogens is 144 g/mol. The molecule has 3 N–H and O–H groups in total. The summed E-state index contributed by atoms with van der Waals surface area (Å²) >= 11 is 0. The monoisotopic (exact) mass is 154 g/mol. The van der Waals surface area contributed by atoms with Gasteiger partial charge in [0.1, 0.15) is 11.8 Å². The average Bonchev–Trinajstić information content (AvgIpc) is 2.03. The van der Waals surface area contributed by atoms with Crippen molar-refractivity contribution in [3.05, 3.63) is 12.0 Å². The van der Waals surface area contributed by atoms with Crippen molar-refractivity contribution in [2.24, 2.45) is 5.73 Å². The Morgan fingerprint density at radius 1 is 1.73 bits per heavy atom. The summed E-state index contributed by atoms with van der Waals surface area (Å²) in [5.74, 6) is 0.197. The molecule has 1 fully saturated rings. The van der Waals surface area contributed by atoms with Crippen molar-refractivity contribution in [2.45, 2.75) is 24.9 Å². The van der Waals surface area contributed by atoms with E-state index in [-0.39, 0.29) is 23.8 Å². The molecule has 2 rings (SSSR count). The molecule has 0 radical (unpaired) electrons. The number of allylic oxidation sites excluding steroid dienone is 1. The third-order valence-corrected chi connectivity index (χ3v) is 2.30. The second-order valence-corrected chi connectivity index (χ2v) is 3.00. The van der Waals surface area contributed by atoms with Crippen molar-refractivity contribution < 1.29 is 9.90 Å². The van der Waals surface area contributed by atoms with E-state index in [4.69, 9.17) is 10.8 Å². The highest BCUT2D eigenvalue weighted by molar-refractivity contribution is 5.90. The number of rotatable bonds is 0. The van der Waals surface area contributed by atoms with Crippen LogP contribution in [0.4, 0.5) is 0 Å². The Hall–Kier alpha value is -1.03. The molecule has 1 saturated heterocycles. The third kappa shape index (κ3) is 0.758. The van der Waals surface area contributed by atoms with E-state index in [0.717, 1.165) is 6.42 Å². The van der Waals surface area contributed by atoms with Crippen LogP contribution in [-0.4, -0.2) is 28.0 Å². The molecule has 60 valence electrons. The molecule has 0 aromatic carbocycles. The number of aliphatic hydroxyl groups excluding tert-OH is 1. The fourth-order valence-corrected chi connectivity index (χ4v) is 1.59. The molecule has 0 saturated carbocycles. The van der Waals surface area contributed by atoms with Crippen LogP contribution in [0.15, 0.2) is 12.0 Å². The number of aliphatic hydroxyl groups is 1. The van der Waals surface area contributed by atoms with E-state index in [0.29, 0.717) is 6.42 Å². The van der Waals surface area contributed by atoms with E-state index in [1.165, 1.54) is 11.1 Å². The first-order valence-electron chi connectivity index (χ1n) is 3.67. The number of carbonyl (C=O) groups excluding carboxylic acids is 1. The summed E-state index contributed by atoms with van der Waals surface area (Å²) in [7, 11) is 0.